The average Bonchev–Trinajstić information content (AvgIpc) is 2.94. The summed E-state index contributed by atoms with van der Waals surface area (Å²) >= 11 is 0. The molecule has 5 aromatic rings. The third kappa shape index (κ3) is 1.44. The zero-order valence-corrected chi connectivity index (χ0v) is 11.8. The lowest BCUT2D eigenvalue weighted by Gasteiger charge is -2.03. The highest BCUT2D eigenvalue weighted by atomic mass is 16.3. The van der Waals surface area contributed by atoms with Gasteiger partial charge in [-0.2, -0.15) is 0 Å². The smallest absolute Gasteiger partial charge is 0.116 e. The van der Waals surface area contributed by atoms with Gasteiger partial charge in [0.25, 0.3) is 0 Å². The van der Waals surface area contributed by atoms with Crippen LogP contribution in [0.3, 0.4) is 0 Å². The van der Waals surface area contributed by atoms with E-state index in [0.29, 0.717) is 5.75 Å². The molecule has 1 heterocycles. The largest absolute Gasteiger partial charge is 0.508 e. The molecule has 2 N–H and O–H groups in total. The van der Waals surface area contributed by atoms with Crippen molar-refractivity contribution in [2.45, 2.75) is 0 Å². The van der Waals surface area contributed by atoms with Crippen molar-refractivity contribution in [1.82, 2.24) is 4.98 Å². The monoisotopic (exact) mass is 283 g/mol. The Kier molecular flexibility index (Phi) is 2.12. The Bertz CT molecular complexity index is 1180. The van der Waals surface area contributed by atoms with Crippen LogP contribution in [0.1, 0.15) is 0 Å². The van der Waals surface area contributed by atoms with Gasteiger partial charge in [0.05, 0.1) is 0 Å². The summed E-state index contributed by atoms with van der Waals surface area (Å²) < 4.78 is 0. The van der Waals surface area contributed by atoms with E-state index in [4.69, 9.17) is 0 Å². The minimum Gasteiger partial charge on any atom is -0.508 e. The molecule has 2 heteroatoms. The fourth-order valence-corrected chi connectivity index (χ4v) is 3.48. The van der Waals surface area contributed by atoms with Crippen molar-refractivity contribution in [3.05, 3.63) is 66.7 Å². The van der Waals surface area contributed by atoms with Crippen LogP contribution < -0.4 is 0 Å². The first-order chi connectivity index (χ1) is 10.8. The number of fused-ring (bicyclic) bond motifs is 7. The van der Waals surface area contributed by atoms with Gasteiger partial charge in [-0.15, -0.1) is 0 Å². The fraction of sp³-hybridized carbons (Fsp3) is 0. The lowest BCUT2D eigenvalue weighted by Crippen LogP contribution is -1.77. The Morgan fingerprint density at radius 1 is 0.636 bits per heavy atom. The van der Waals surface area contributed by atoms with Crippen LogP contribution in [0.2, 0.25) is 0 Å². The molecule has 0 amide bonds. The summed E-state index contributed by atoms with van der Waals surface area (Å²) in [6.45, 7) is 0. The molecule has 0 saturated heterocycles. The second-order valence-electron chi connectivity index (χ2n) is 5.73. The van der Waals surface area contributed by atoms with Crippen LogP contribution in [0.5, 0.6) is 5.75 Å². The third-order valence-electron chi connectivity index (χ3n) is 4.45. The number of phenolic OH excluding ortho intramolecular Hbond substituents is 1. The van der Waals surface area contributed by atoms with Gasteiger partial charge < -0.3 is 10.1 Å². The normalized spacial score (nSPS) is 11.8. The molecule has 0 radical (unpaired) electrons. The maximum atomic E-state index is 9.73. The molecule has 0 aliphatic heterocycles. The summed E-state index contributed by atoms with van der Waals surface area (Å²) in [7, 11) is 0. The average molecular weight is 283 g/mol. The predicted molar refractivity (Wildman–Crippen MR) is 92.5 cm³/mol. The second kappa shape index (κ2) is 4.01. The van der Waals surface area contributed by atoms with Crippen molar-refractivity contribution in [1.29, 1.82) is 0 Å². The van der Waals surface area contributed by atoms with Crippen LogP contribution in [0.15, 0.2) is 66.7 Å². The van der Waals surface area contributed by atoms with E-state index < -0.39 is 0 Å². The topological polar surface area (TPSA) is 36.0 Å². The first kappa shape index (κ1) is 11.6. The zero-order valence-electron chi connectivity index (χ0n) is 11.8. The minimum absolute atomic E-state index is 0.302. The van der Waals surface area contributed by atoms with Crippen molar-refractivity contribution in [2.75, 3.05) is 0 Å². The molecule has 4 aromatic carbocycles. The highest BCUT2D eigenvalue weighted by Crippen LogP contribution is 2.37. The van der Waals surface area contributed by atoms with Crippen molar-refractivity contribution < 1.29 is 5.11 Å². The predicted octanol–water partition coefficient (Wildman–Crippen LogP) is 5.33. The lowest BCUT2D eigenvalue weighted by molar-refractivity contribution is 0.476. The highest BCUT2D eigenvalue weighted by molar-refractivity contribution is 6.27. The van der Waals surface area contributed by atoms with Gasteiger partial charge in [-0.25, -0.2) is 0 Å². The van der Waals surface area contributed by atoms with Crippen LogP contribution in [0.4, 0.5) is 0 Å². The van der Waals surface area contributed by atoms with E-state index in [2.05, 4.69) is 53.5 Å². The van der Waals surface area contributed by atoms with Gasteiger partial charge in [0, 0.05) is 21.8 Å². The quantitative estimate of drug-likeness (QED) is 0.396. The molecule has 5 rings (SSSR count). The molecule has 0 bridgehead atoms. The molecule has 2 nitrogen and oxygen atoms in total. The van der Waals surface area contributed by atoms with E-state index in [0.717, 1.165) is 21.8 Å². The molecule has 1 aromatic heterocycles. The Labute approximate surface area is 126 Å². The van der Waals surface area contributed by atoms with E-state index >= 15 is 0 Å². The van der Waals surface area contributed by atoms with E-state index in [1.54, 1.807) is 6.07 Å². The molecular weight excluding hydrogens is 270 g/mol. The summed E-state index contributed by atoms with van der Waals surface area (Å²) in [5, 5.41) is 16.9. The van der Waals surface area contributed by atoms with Gasteiger partial charge in [0.2, 0.25) is 0 Å². The van der Waals surface area contributed by atoms with Crippen LogP contribution in [0.25, 0.3) is 43.4 Å². The lowest BCUT2D eigenvalue weighted by atomic mass is 10.00. The maximum absolute atomic E-state index is 9.73. The zero-order chi connectivity index (χ0) is 14.7. The maximum Gasteiger partial charge on any atom is 0.116 e. The summed E-state index contributed by atoms with van der Waals surface area (Å²) in [4.78, 5) is 3.51. The number of hydrogen-bond donors (Lipinski definition) is 2. The standard InChI is InChI=1S/C20H13NO/c22-14-7-8-16-13(11-14)6-10-18-20(16)19-15-4-2-1-3-12(15)5-9-17(19)21-18/h1-11,21-22H. The van der Waals surface area contributed by atoms with Crippen LogP contribution in [0, 0.1) is 0 Å². The summed E-state index contributed by atoms with van der Waals surface area (Å²) in [5.74, 6) is 0.302. The van der Waals surface area contributed by atoms with Gasteiger partial charge in [0.15, 0.2) is 0 Å². The first-order valence-corrected chi connectivity index (χ1v) is 7.36. The Balaban J connectivity index is 2.13. The minimum atomic E-state index is 0.302. The highest BCUT2D eigenvalue weighted by Gasteiger charge is 2.11. The number of aromatic amines is 1. The van der Waals surface area contributed by atoms with Crippen LogP contribution in [-0.2, 0) is 0 Å². The Hall–Kier alpha value is -3.00. The number of aromatic hydroxyl groups is 1. The molecule has 0 aliphatic rings. The number of rotatable bonds is 0. The van der Waals surface area contributed by atoms with Gasteiger partial charge in [0.1, 0.15) is 5.75 Å². The van der Waals surface area contributed by atoms with Crippen molar-refractivity contribution in [3.63, 3.8) is 0 Å². The van der Waals surface area contributed by atoms with Gasteiger partial charge in [-0.1, -0.05) is 42.5 Å². The molecule has 0 aliphatic carbocycles. The molecule has 22 heavy (non-hydrogen) atoms. The van der Waals surface area contributed by atoms with Crippen LogP contribution >= 0.6 is 0 Å². The summed E-state index contributed by atoms with van der Waals surface area (Å²) in [5.41, 5.74) is 2.28. The van der Waals surface area contributed by atoms with Gasteiger partial charge in [-0.3, -0.25) is 0 Å². The van der Waals surface area contributed by atoms with E-state index in [-0.39, 0.29) is 0 Å². The van der Waals surface area contributed by atoms with Gasteiger partial charge in [-0.05, 0) is 45.8 Å². The summed E-state index contributed by atoms with van der Waals surface area (Å²) in [6.07, 6.45) is 0. The molecular formula is C20H13NO. The first-order valence-electron chi connectivity index (χ1n) is 7.36. The molecule has 104 valence electrons. The molecule has 0 saturated carbocycles. The molecule has 0 spiro atoms. The van der Waals surface area contributed by atoms with Crippen LogP contribution in [-0.4, -0.2) is 10.1 Å². The molecule has 0 fully saturated rings. The second-order valence-corrected chi connectivity index (χ2v) is 5.73. The van der Waals surface area contributed by atoms with Crippen molar-refractivity contribution >= 4 is 43.4 Å². The number of benzene rings is 4. The number of nitrogens with one attached hydrogen (secondary N) is 1. The molecule has 0 atom stereocenters. The van der Waals surface area contributed by atoms with Crippen molar-refractivity contribution in [3.8, 4) is 5.75 Å². The van der Waals surface area contributed by atoms with E-state index in [1.807, 2.05) is 12.1 Å². The van der Waals surface area contributed by atoms with Crippen molar-refractivity contribution in [2.24, 2.45) is 0 Å². The number of phenols is 1. The number of H-pyrrole nitrogens is 1. The number of aromatic nitrogens is 1. The third-order valence-corrected chi connectivity index (χ3v) is 4.45. The van der Waals surface area contributed by atoms with E-state index in [1.165, 1.54) is 21.5 Å². The van der Waals surface area contributed by atoms with Gasteiger partial charge >= 0.3 is 0 Å². The fourth-order valence-electron chi connectivity index (χ4n) is 3.48. The Morgan fingerprint density at radius 2 is 1.32 bits per heavy atom. The number of hydrogen-bond acceptors (Lipinski definition) is 1. The van der Waals surface area contributed by atoms with E-state index in [9.17, 15) is 5.11 Å². The Morgan fingerprint density at radius 3 is 2.14 bits per heavy atom. The SMILES string of the molecule is Oc1ccc2c(ccc3[nH]c4ccc5ccccc5c4c32)c1. The summed E-state index contributed by atoms with van der Waals surface area (Å²) in [6, 6.07) is 22.5. The molecule has 0 unspecified atom stereocenters.